The lowest BCUT2D eigenvalue weighted by Gasteiger charge is -2.31. The molecule has 1 atom stereocenters. The van der Waals surface area contributed by atoms with Crippen LogP contribution in [0.1, 0.15) is 44.1 Å². The Hall–Kier alpha value is -1.96. The van der Waals surface area contributed by atoms with Gasteiger partial charge in [0.05, 0.1) is 10.6 Å². The molecule has 0 saturated heterocycles. The van der Waals surface area contributed by atoms with Crippen molar-refractivity contribution < 1.29 is 22.7 Å². The van der Waals surface area contributed by atoms with Gasteiger partial charge in [0.2, 0.25) is 0 Å². The van der Waals surface area contributed by atoms with Gasteiger partial charge in [-0.05, 0) is 30.5 Å². The van der Waals surface area contributed by atoms with Gasteiger partial charge in [0.25, 0.3) is 5.91 Å². The molecule has 2 N–H and O–H groups in total. The first-order valence-electron chi connectivity index (χ1n) is 9.25. The highest BCUT2D eigenvalue weighted by Crippen LogP contribution is 2.38. The number of benzene rings is 1. The number of rotatable bonds is 5. The number of nitrogens with zero attached hydrogens (tertiary/aromatic N) is 2. The molecule has 1 saturated carbocycles. The lowest BCUT2D eigenvalue weighted by Crippen LogP contribution is -2.47. The summed E-state index contributed by atoms with van der Waals surface area (Å²) < 4.78 is 44.6. The Kier molecular flexibility index (Phi) is 5.79. The summed E-state index contributed by atoms with van der Waals surface area (Å²) >= 11 is 6.01. The highest BCUT2D eigenvalue weighted by Gasteiger charge is 2.48. The van der Waals surface area contributed by atoms with Crippen molar-refractivity contribution in [3.63, 3.8) is 0 Å². The van der Waals surface area contributed by atoms with Gasteiger partial charge >= 0.3 is 6.18 Å². The first kappa shape index (κ1) is 20.8. The zero-order chi connectivity index (χ0) is 20.5. The number of alkyl halides is 3. The molecule has 0 radical (unpaired) electrons. The molecule has 1 fully saturated rings. The molecule has 154 valence electrons. The summed E-state index contributed by atoms with van der Waals surface area (Å²) in [5, 5.41) is 0.0385. The molecular weight excluding hydrogens is 395 g/mol. The fourth-order valence-corrected chi connectivity index (χ4v) is 4.07. The van der Waals surface area contributed by atoms with E-state index in [0.717, 1.165) is 43.9 Å². The molecule has 1 aliphatic heterocycles. The average molecular weight is 418 g/mol. The smallest absolute Gasteiger partial charge is 0.416 e. The van der Waals surface area contributed by atoms with Crippen molar-refractivity contribution in [1.82, 2.24) is 4.90 Å². The van der Waals surface area contributed by atoms with Gasteiger partial charge in [-0.2, -0.15) is 13.2 Å². The second-order valence-electron chi connectivity index (χ2n) is 7.51. The van der Waals surface area contributed by atoms with Crippen LogP contribution in [0, 0.1) is 5.92 Å². The minimum Gasteiger partial charge on any atom is -0.489 e. The Bertz CT molecular complexity index is 778. The number of guanidine groups is 1. The fourth-order valence-electron chi connectivity index (χ4n) is 3.90. The first-order valence-corrected chi connectivity index (χ1v) is 9.63. The second kappa shape index (κ2) is 7.81. The summed E-state index contributed by atoms with van der Waals surface area (Å²) in [5.41, 5.74) is 3.75. The molecule has 1 aromatic carbocycles. The van der Waals surface area contributed by atoms with E-state index in [1.165, 1.54) is 18.4 Å². The number of amides is 1. The van der Waals surface area contributed by atoms with Crippen LogP contribution < -0.4 is 10.5 Å². The maximum atomic E-state index is 13.0. The number of halogens is 4. The van der Waals surface area contributed by atoms with Crippen LogP contribution in [-0.2, 0) is 11.0 Å². The minimum atomic E-state index is -4.52. The normalized spacial score (nSPS) is 23.8. The lowest BCUT2D eigenvalue weighted by atomic mass is 9.79. The summed E-state index contributed by atoms with van der Waals surface area (Å²) in [6.07, 6.45) is 1.24. The summed E-state index contributed by atoms with van der Waals surface area (Å²) in [6, 6.07) is 2.86. The third-order valence-electron chi connectivity index (χ3n) is 5.45. The van der Waals surface area contributed by atoms with Crippen LogP contribution >= 0.6 is 11.6 Å². The Morgan fingerprint density at radius 2 is 2.00 bits per heavy atom. The van der Waals surface area contributed by atoms with E-state index in [1.807, 2.05) is 0 Å². The standard InChI is InChI=1S/C19H23ClF3N3O2/c1-26-16(27)18(25-17(26)24,10-12-5-3-2-4-6-12)11-28-15-9-13(19(21,22)23)7-8-14(15)20/h7-9,12H,2-6,10-11H2,1H3,(H2,24,25). The highest BCUT2D eigenvalue weighted by atomic mass is 35.5. The molecular formula is C19H23ClF3N3O2. The van der Waals surface area contributed by atoms with Crippen LogP contribution in [0.2, 0.25) is 5.02 Å². The van der Waals surface area contributed by atoms with Crippen LogP contribution in [0.4, 0.5) is 13.2 Å². The van der Waals surface area contributed by atoms with E-state index in [4.69, 9.17) is 22.1 Å². The number of likely N-dealkylation sites (N-methyl/N-ethyl adjacent to an activating group) is 1. The van der Waals surface area contributed by atoms with Crippen LogP contribution in [0.15, 0.2) is 23.2 Å². The quantitative estimate of drug-likeness (QED) is 0.779. The summed E-state index contributed by atoms with van der Waals surface area (Å²) in [4.78, 5) is 18.5. The van der Waals surface area contributed by atoms with Gasteiger partial charge in [-0.3, -0.25) is 9.69 Å². The molecule has 0 bridgehead atoms. The van der Waals surface area contributed by atoms with E-state index in [-0.39, 0.29) is 29.2 Å². The Morgan fingerprint density at radius 1 is 1.32 bits per heavy atom. The monoisotopic (exact) mass is 417 g/mol. The van der Waals surface area contributed by atoms with Crippen LogP contribution in [0.3, 0.4) is 0 Å². The molecule has 5 nitrogen and oxygen atoms in total. The third kappa shape index (κ3) is 4.21. The maximum absolute atomic E-state index is 13.0. The fraction of sp³-hybridized carbons (Fsp3) is 0.579. The molecule has 0 aromatic heterocycles. The second-order valence-corrected chi connectivity index (χ2v) is 7.91. The van der Waals surface area contributed by atoms with E-state index in [0.29, 0.717) is 12.3 Å². The molecule has 2 aliphatic rings. The average Bonchev–Trinajstić information content (AvgIpc) is 2.85. The number of aliphatic imine (C=N–C) groups is 1. The van der Waals surface area contributed by atoms with Gasteiger partial charge in [-0.1, -0.05) is 43.7 Å². The molecule has 3 rings (SSSR count). The third-order valence-corrected chi connectivity index (χ3v) is 5.76. The molecule has 9 heteroatoms. The zero-order valence-corrected chi connectivity index (χ0v) is 16.3. The van der Waals surface area contributed by atoms with Crippen molar-refractivity contribution in [1.29, 1.82) is 0 Å². The summed E-state index contributed by atoms with van der Waals surface area (Å²) in [5.74, 6) is -0.0600. The number of carbonyl (C=O) groups excluding carboxylic acids is 1. The van der Waals surface area contributed by atoms with E-state index in [9.17, 15) is 18.0 Å². The molecule has 1 unspecified atom stereocenters. The van der Waals surface area contributed by atoms with E-state index >= 15 is 0 Å². The van der Waals surface area contributed by atoms with Crippen molar-refractivity contribution >= 4 is 23.5 Å². The molecule has 1 aliphatic carbocycles. The Labute approximate surface area is 166 Å². The highest BCUT2D eigenvalue weighted by molar-refractivity contribution is 6.32. The number of nitrogens with two attached hydrogens (primary N) is 1. The van der Waals surface area contributed by atoms with Crippen molar-refractivity contribution in [2.45, 2.75) is 50.2 Å². The van der Waals surface area contributed by atoms with Crippen LogP contribution in [0.25, 0.3) is 0 Å². The Balaban J connectivity index is 1.84. The largest absolute Gasteiger partial charge is 0.489 e. The van der Waals surface area contributed by atoms with Crippen LogP contribution in [0.5, 0.6) is 5.75 Å². The van der Waals surface area contributed by atoms with E-state index in [1.54, 1.807) is 0 Å². The summed E-state index contributed by atoms with van der Waals surface area (Å²) in [7, 11) is 1.53. The van der Waals surface area contributed by atoms with Crippen molar-refractivity contribution in [3.8, 4) is 5.75 Å². The summed E-state index contributed by atoms with van der Waals surface area (Å²) in [6.45, 7) is -0.214. The number of ether oxygens (including phenoxy) is 1. The Morgan fingerprint density at radius 3 is 2.57 bits per heavy atom. The van der Waals surface area contributed by atoms with Crippen molar-refractivity contribution in [3.05, 3.63) is 28.8 Å². The number of hydrogen-bond donors (Lipinski definition) is 1. The van der Waals surface area contributed by atoms with Crippen molar-refractivity contribution in [2.75, 3.05) is 13.7 Å². The number of carbonyl (C=O) groups is 1. The zero-order valence-electron chi connectivity index (χ0n) is 15.6. The topological polar surface area (TPSA) is 67.9 Å². The van der Waals surface area contributed by atoms with Gasteiger partial charge in [-0.25, -0.2) is 4.99 Å². The lowest BCUT2D eigenvalue weighted by molar-refractivity contribution is -0.138. The van der Waals surface area contributed by atoms with E-state index in [2.05, 4.69) is 4.99 Å². The maximum Gasteiger partial charge on any atom is 0.416 e. The molecule has 1 amide bonds. The molecule has 1 aromatic rings. The van der Waals surface area contributed by atoms with Gasteiger partial charge in [0.1, 0.15) is 12.4 Å². The number of hydrogen-bond acceptors (Lipinski definition) is 4. The van der Waals surface area contributed by atoms with Gasteiger partial charge in [0.15, 0.2) is 11.5 Å². The minimum absolute atomic E-state index is 0.0385. The first-order chi connectivity index (χ1) is 13.1. The molecule has 0 spiro atoms. The molecule has 1 heterocycles. The van der Waals surface area contributed by atoms with Crippen LogP contribution in [-0.4, -0.2) is 36.0 Å². The SMILES string of the molecule is CN1C(=O)C(COc2cc(C(F)(F)F)ccc2Cl)(CC2CCCCC2)N=C1N. The molecule has 28 heavy (non-hydrogen) atoms. The van der Waals surface area contributed by atoms with Gasteiger partial charge in [-0.15, -0.1) is 0 Å². The van der Waals surface area contributed by atoms with Gasteiger partial charge < -0.3 is 10.5 Å². The van der Waals surface area contributed by atoms with E-state index < -0.39 is 17.3 Å². The predicted octanol–water partition coefficient (Wildman–Crippen LogP) is 4.23. The van der Waals surface area contributed by atoms with Crippen molar-refractivity contribution in [2.24, 2.45) is 16.6 Å². The predicted molar refractivity (Wildman–Crippen MR) is 100 cm³/mol. The van der Waals surface area contributed by atoms with Gasteiger partial charge in [0, 0.05) is 7.05 Å².